The smallest absolute Gasteiger partial charge is 0.0380 e. The zero-order chi connectivity index (χ0) is 9.42. The van der Waals surface area contributed by atoms with Gasteiger partial charge < -0.3 is 0 Å². The second-order valence-electron chi connectivity index (χ2n) is 3.52. The van der Waals surface area contributed by atoms with Crippen LogP contribution in [-0.4, -0.2) is 0 Å². The standard InChI is InChI=1S/C12H14S/c1-4-10-6-5-8(2)11-9(3)7-13-12(10)11/h5-7H,4H2,1-3H3. The quantitative estimate of drug-likeness (QED) is 0.635. The van der Waals surface area contributed by atoms with E-state index in [2.05, 4.69) is 38.3 Å². The summed E-state index contributed by atoms with van der Waals surface area (Å²) >= 11 is 1.88. The Morgan fingerprint density at radius 3 is 2.62 bits per heavy atom. The number of benzene rings is 1. The molecule has 0 unspecified atom stereocenters. The van der Waals surface area contributed by atoms with Crippen LogP contribution in [0.3, 0.4) is 0 Å². The SMILES string of the molecule is CCc1ccc(C)c2c(C)csc12. The first kappa shape index (κ1) is 8.76. The molecule has 0 fully saturated rings. The van der Waals surface area contributed by atoms with Crippen LogP contribution in [0.5, 0.6) is 0 Å². The lowest BCUT2D eigenvalue weighted by Gasteiger charge is -2.02. The van der Waals surface area contributed by atoms with Crippen molar-refractivity contribution in [2.45, 2.75) is 27.2 Å². The van der Waals surface area contributed by atoms with Gasteiger partial charge in [0.2, 0.25) is 0 Å². The molecule has 1 heterocycles. The molecule has 0 aliphatic rings. The van der Waals surface area contributed by atoms with E-state index in [0.717, 1.165) is 6.42 Å². The molecule has 0 aliphatic carbocycles. The van der Waals surface area contributed by atoms with E-state index in [9.17, 15) is 0 Å². The fourth-order valence-electron chi connectivity index (χ4n) is 1.83. The van der Waals surface area contributed by atoms with Gasteiger partial charge in [-0.1, -0.05) is 19.1 Å². The molecule has 68 valence electrons. The van der Waals surface area contributed by atoms with Gasteiger partial charge in [-0.2, -0.15) is 0 Å². The van der Waals surface area contributed by atoms with Crippen LogP contribution in [0.25, 0.3) is 10.1 Å². The molecule has 0 nitrogen and oxygen atoms in total. The minimum atomic E-state index is 1.14. The van der Waals surface area contributed by atoms with Crippen molar-refractivity contribution in [2.24, 2.45) is 0 Å². The fourth-order valence-corrected chi connectivity index (χ4v) is 3.05. The van der Waals surface area contributed by atoms with E-state index < -0.39 is 0 Å². The van der Waals surface area contributed by atoms with E-state index >= 15 is 0 Å². The Kier molecular flexibility index (Phi) is 2.12. The highest BCUT2D eigenvalue weighted by molar-refractivity contribution is 7.17. The molecular formula is C12H14S. The van der Waals surface area contributed by atoms with E-state index in [1.54, 1.807) is 0 Å². The molecule has 2 aromatic rings. The lowest BCUT2D eigenvalue weighted by atomic mass is 10.0. The second-order valence-corrected chi connectivity index (χ2v) is 4.40. The average molecular weight is 190 g/mol. The van der Waals surface area contributed by atoms with Gasteiger partial charge in [-0.15, -0.1) is 11.3 Å². The fraction of sp³-hybridized carbons (Fsp3) is 0.333. The highest BCUT2D eigenvalue weighted by Crippen LogP contribution is 2.31. The van der Waals surface area contributed by atoms with Crippen LogP contribution in [-0.2, 0) is 6.42 Å². The van der Waals surface area contributed by atoms with Gasteiger partial charge in [0.25, 0.3) is 0 Å². The third kappa shape index (κ3) is 1.28. The minimum Gasteiger partial charge on any atom is -0.143 e. The molecule has 0 spiro atoms. The number of fused-ring (bicyclic) bond motifs is 1. The van der Waals surface area contributed by atoms with Crippen LogP contribution in [0.4, 0.5) is 0 Å². The molecule has 1 aromatic heterocycles. The summed E-state index contributed by atoms with van der Waals surface area (Å²) in [6, 6.07) is 4.49. The van der Waals surface area contributed by atoms with Crippen molar-refractivity contribution in [3.05, 3.63) is 34.2 Å². The zero-order valence-corrected chi connectivity index (χ0v) is 9.16. The van der Waals surface area contributed by atoms with Crippen molar-refractivity contribution in [1.29, 1.82) is 0 Å². The molecule has 0 saturated carbocycles. The molecule has 0 N–H and O–H groups in total. The Balaban J connectivity index is 2.87. The van der Waals surface area contributed by atoms with Crippen LogP contribution in [0.2, 0.25) is 0 Å². The van der Waals surface area contributed by atoms with E-state index in [-0.39, 0.29) is 0 Å². The van der Waals surface area contributed by atoms with Crippen molar-refractivity contribution in [3.8, 4) is 0 Å². The summed E-state index contributed by atoms with van der Waals surface area (Å²) in [5, 5.41) is 3.74. The number of hydrogen-bond acceptors (Lipinski definition) is 1. The van der Waals surface area contributed by atoms with Crippen LogP contribution in [0.1, 0.15) is 23.6 Å². The lowest BCUT2D eigenvalue weighted by Crippen LogP contribution is -1.83. The monoisotopic (exact) mass is 190 g/mol. The first-order valence-corrected chi connectivity index (χ1v) is 5.58. The molecular weight excluding hydrogens is 176 g/mol. The Labute approximate surface area is 83.2 Å². The minimum absolute atomic E-state index is 1.14. The zero-order valence-electron chi connectivity index (χ0n) is 8.35. The molecule has 0 saturated heterocycles. The third-order valence-corrected chi connectivity index (χ3v) is 3.75. The van der Waals surface area contributed by atoms with Crippen molar-refractivity contribution < 1.29 is 0 Å². The van der Waals surface area contributed by atoms with Gasteiger partial charge >= 0.3 is 0 Å². The number of aryl methyl sites for hydroxylation is 3. The van der Waals surface area contributed by atoms with Gasteiger partial charge in [0.1, 0.15) is 0 Å². The van der Waals surface area contributed by atoms with E-state index in [0.29, 0.717) is 0 Å². The maximum absolute atomic E-state index is 2.26. The molecule has 0 aliphatic heterocycles. The summed E-state index contributed by atoms with van der Waals surface area (Å²) < 4.78 is 1.49. The summed E-state index contributed by atoms with van der Waals surface area (Å²) in [5.41, 5.74) is 4.32. The number of rotatable bonds is 1. The normalized spacial score (nSPS) is 11.0. The van der Waals surface area contributed by atoms with Crippen molar-refractivity contribution in [2.75, 3.05) is 0 Å². The van der Waals surface area contributed by atoms with Crippen molar-refractivity contribution in [3.63, 3.8) is 0 Å². The second kappa shape index (κ2) is 3.15. The molecule has 0 bridgehead atoms. The maximum atomic E-state index is 2.26. The van der Waals surface area contributed by atoms with Gasteiger partial charge in [-0.05, 0) is 47.7 Å². The highest BCUT2D eigenvalue weighted by Gasteiger charge is 2.06. The van der Waals surface area contributed by atoms with E-state index in [4.69, 9.17) is 0 Å². The van der Waals surface area contributed by atoms with Crippen LogP contribution in [0.15, 0.2) is 17.5 Å². The Bertz CT molecular complexity index is 438. The summed E-state index contributed by atoms with van der Waals surface area (Å²) in [5.74, 6) is 0. The Morgan fingerprint density at radius 1 is 1.15 bits per heavy atom. The number of hydrogen-bond donors (Lipinski definition) is 0. The third-order valence-electron chi connectivity index (χ3n) is 2.58. The van der Waals surface area contributed by atoms with Crippen molar-refractivity contribution >= 4 is 21.4 Å². The molecule has 0 amide bonds. The predicted molar refractivity (Wildman–Crippen MR) is 60.7 cm³/mol. The molecule has 1 heteroatoms. The maximum Gasteiger partial charge on any atom is 0.0380 e. The summed E-state index contributed by atoms with van der Waals surface area (Å²) in [6.45, 7) is 6.62. The van der Waals surface area contributed by atoms with Crippen LogP contribution < -0.4 is 0 Å². The Hall–Kier alpha value is -0.820. The Morgan fingerprint density at radius 2 is 1.92 bits per heavy atom. The topological polar surface area (TPSA) is 0 Å². The van der Waals surface area contributed by atoms with Gasteiger partial charge in [-0.3, -0.25) is 0 Å². The lowest BCUT2D eigenvalue weighted by molar-refractivity contribution is 1.16. The molecule has 2 rings (SSSR count). The first-order chi connectivity index (χ1) is 6.24. The summed E-state index contributed by atoms with van der Waals surface area (Å²) in [7, 11) is 0. The molecule has 0 atom stereocenters. The van der Waals surface area contributed by atoms with Crippen LogP contribution in [0, 0.1) is 13.8 Å². The van der Waals surface area contributed by atoms with Gasteiger partial charge in [-0.25, -0.2) is 0 Å². The van der Waals surface area contributed by atoms with E-state index in [1.807, 2.05) is 11.3 Å². The summed E-state index contributed by atoms with van der Waals surface area (Å²) in [4.78, 5) is 0. The van der Waals surface area contributed by atoms with Crippen molar-refractivity contribution in [1.82, 2.24) is 0 Å². The van der Waals surface area contributed by atoms with Crippen LogP contribution >= 0.6 is 11.3 Å². The number of thiophene rings is 1. The highest BCUT2D eigenvalue weighted by atomic mass is 32.1. The summed E-state index contributed by atoms with van der Waals surface area (Å²) in [6.07, 6.45) is 1.14. The first-order valence-electron chi connectivity index (χ1n) is 4.70. The average Bonchev–Trinajstić information content (AvgIpc) is 2.50. The predicted octanol–water partition coefficient (Wildman–Crippen LogP) is 4.08. The molecule has 13 heavy (non-hydrogen) atoms. The van der Waals surface area contributed by atoms with E-state index in [1.165, 1.54) is 26.8 Å². The molecule has 1 aromatic carbocycles. The van der Waals surface area contributed by atoms with Gasteiger partial charge in [0, 0.05) is 4.70 Å². The largest absolute Gasteiger partial charge is 0.143 e. The van der Waals surface area contributed by atoms with Gasteiger partial charge in [0.15, 0.2) is 0 Å². The molecule has 0 radical (unpaired) electrons. The van der Waals surface area contributed by atoms with Gasteiger partial charge in [0.05, 0.1) is 0 Å².